The van der Waals surface area contributed by atoms with Crippen LogP contribution in [0.3, 0.4) is 0 Å². The van der Waals surface area contributed by atoms with Gasteiger partial charge in [-0.2, -0.15) is 0 Å². The predicted molar refractivity (Wildman–Crippen MR) is 79.2 cm³/mol. The van der Waals surface area contributed by atoms with Gasteiger partial charge in [0.25, 0.3) is 0 Å². The van der Waals surface area contributed by atoms with E-state index in [-0.39, 0.29) is 10.8 Å². The molecule has 3 heteroatoms. The lowest BCUT2D eigenvalue weighted by Gasteiger charge is -2.30. The van der Waals surface area contributed by atoms with Crippen LogP contribution in [0, 0.1) is 5.41 Å². The Balaban J connectivity index is 2.22. The molecule has 1 atom stereocenters. The average molecular weight is 266 g/mol. The molecule has 0 amide bonds. The number of hydrogen-bond acceptors (Lipinski definition) is 3. The van der Waals surface area contributed by atoms with Gasteiger partial charge in [0.1, 0.15) is 5.01 Å². The van der Waals surface area contributed by atoms with Crippen molar-refractivity contribution in [1.29, 1.82) is 0 Å². The molecule has 0 aliphatic heterocycles. The van der Waals surface area contributed by atoms with Crippen molar-refractivity contribution in [3.8, 4) is 0 Å². The highest BCUT2D eigenvalue weighted by atomic mass is 32.1. The van der Waals surface area contributed by atoms with Gasteiger partial charge in [-0.25, -0.2) is 4.98 Å². The smallest absolute Gasteiger partial charge is 0.110 e. The SMILES string of the molecule is CC(C)(C)c1csc(C(NC2CC2)C(C)(C)C)n1. The molecule has 1 heterocycles. The monoisotopic (exact) mass is 266 g/mol. The van der Waals surface area contributed by atoms with E-state index >= 15 is 0 Å². The molecule has 1 fully saturated rings. The molecule has 0 radical (unpaired) electrons. The van der Waals surface area contributed by atoms with Gasteiger partial charge in [-0.05, 0) is 18.3 Å². The lowest BCUT2D eigenvalue weighted by Crippen LogP contribution is -2.33. The fourth-order valence-corrected chi connectivity index (χ4v) is 3.29. The molecule has 102 valence electrons. The molecule has 18 heavy (non-hydrogen) atoms. The number of hydrogen-bond donors (Lipinski definition) is 1. The minimum atomic E-state index is 0.150. The van der Waals surface area contributed by atoms with E-state index in [4.69, 9.17) is 4.98 Å². The van der Waals surface area contributed by atoms with Crippen LogP contribution >= 0.6 is 11.3 Å². The van der Waals surface area contributed by atoms with Gasteiger partial charge in [0.05, 0.1) is 11.7 Å². The Morgan fingerprint density at radius 3 is 2.22 bits per heavy atom. The van der Waals surface area contributed by atoms with E-state index in [1.807, 2.05) is 11.3 Å². The molecule has 0 spiro atoms. The Hall–Kier alpha value is -0.410. The molecule has 1 aromatic heterocycles. The number of thiazole rings is 1. The molecular formula is C15H26N2S. The van der Waals surface area contributed by atoms with Crippen LogP contribution in [0.25, 0.3) is 0 Å². The predicted octanol–water partition coefficient (Wildman–Crippen LogP) is 4.28. The van der Waals surface area contributed by atoms with Crippen molar-refractivity contribution in [2.75, 3.05) is 0 Å². The molecule has 0 saturated heterocycles. The third-order valence-corrected chi connectivity index (χ3v) is 4.29. The normalized spacial score (nSPS) is 19.0. The van der Waals surface area contributed by atoms with Gasteiger partial charge in [-0.1, -0.05) is 41.5 Å². The third-order valence-electron chi connectivity index (χ3n) is 3.38. The third kappa shape index (κ3) is 3.33. The van der Waals surface area contributed by atoms with E-state index in [0.29, 0.717) is 6.04 Å². The van der Waals surface area contributed by atoms with Crippen LogP contribution in [0.4, 0.5) is 0 Å². The van der Waals surface area contributed by atoms with Crippen molar-refractivity contribution >= 4 is 11.3 Å². The van der Waals surface area contributed by atoms with Gasteiger partial charge in [0.15, 0.2) is 0 Å². The van der Waals surface area contributed by atoms with Crippen molar-refractivity contribution < 1.29 is 0 Å². The Morgan fingerprint density at radius 2 is 1.83 bits per heavy atom. The van der Waals surface area contributed by atoms with Crippen molar-refractivity contribution in [1.82, 2.24) is 10.3 Å². The van der Waals surface area contributed by atoms with E-state index in [2.05, 4.69) is 52.2 Å². The molecule has 1 aliphatic carbocycles. The summed E-state index contributed by atoms with van der Waals surface area (Å²) in [7, 11) is 0. The van der Waals surface area contributed by atoms with Crippen LogP contribution in [-0.4, -0.2) is 11.0 Å². The maximum absolute atomic E-state index is 4.89. The zero-order valence-corrected chi connectivity index (χ0v) is 13.3. The molecule has 0 aromatic carbocycles. The van der Waals surface area contributed by atoms with Crippen LogP contribution in [0.5, 0.6) is 0 Å². The summed E-state index contributed by atoms with van der Waals surface area (Å²) in [5.41, 5.74) is 1.58. The molecule has 2 nitrogen and oxygen atoms in total. The first-order chi connectivity index (χ1) is 8.18. The number of aromatic nitrogens is 1. The Labute approximate surface area is 115 Å². The van der Waals surface area contributed by atoms with Crippen molar-refractivity contribution in [2.24, 2.45) is 5.41 Å². The van der Waals surface area contributed by atoms with Gasteiger partial charge >= 0.3 is 0 Å². The second-order valence-electron chi connectivity index (χ2n) is 7.56. The molecule has 1 unspecified atom stereocenters. The largest absolute Gasteiger partial charge is 0.305 e. The highest BCUT2D eigenvalue weighted by Gasteiger charge is 2.34. The van der Waals surface area contributed by atoms with Crippen LogP contribution in [0.15, 0.2) is 5.38 Å². The maximum Gasteiger partial charge on any atom is 0.110 e. The Morgan fingerprint density at radius 1 is 1.22 bits per heavy atom. The summed E-state index contributed by atoms with van der Waals surface area (Å²) in [6, 6.07) is 1.10. The fourth-order valence-electron chi connectivity index (χ4n) is 1.94. The molecule has 2 rings (SSSR count). The average Bonchev–Trinajstić information content (AvgIpc) is 2.87. The van der Waals surface area contributed by atoms with E-state index < -0.39 is 0 Å². The summed E-state index contributed by atoms with van der Waals surface area (Å²) in [6.45, 7) is 13.6. The second-order valence-corrected chi connectivity index (χ2v) is 8.45. The first-order valence-electron chi connectivity index (χ1n) is 6.90. The lowest BCUT2D eigenvalue weighted by molar-refractivity contribution is 0.269. The summed E-state index contributed by atoms with van der Waals surface area (Å²) in [6.07, 6.45) is 2.65. The highest BCUT2D eigenvalue weighted by Crippen LogP contribution is 2.38. The maximum atomic E-state index is 4.89. The first-order valence-corrected chi connectivity index (χ1v) is 7.78. The first kappa shape index (κ1) is 14.0. The quantitative estimate of drug-likeness (QED) is 0.883. The van der Waals surface area contributed by atoms with Gasteiger partial charge < -0.3 is 5.32 Å². The zero-order valence-electron chi connectivity index (χ0n) is 12.5. The summed E-state index contributed by atoms with van der Waals surface area (Å²) in [5, 5.41) is 7.23. The van der Waals surface area contributed by atoms with Crippen LogP contribution in [0.1, 0.15) is 71.1 Å². The van der Waals surface area contributed by atoms with Gasteiger partial charge in [0, 0.05) is 16.8 Å². The van der Waals surface area contributed by atoms with Crippen LogP contribution in [0.2, 0.25) is 0 Å². The molecule has 1 N–H and O–H groups in total. The number of nitrogens with one attached hydrogen (secondary N) is 1. The summed E-state index contributed by atoms with van der Waals surface area (Å²) in [4.78, 5) is 4.89. The van der Waals surface area contributed by atoms with Crippen LogP contribution < -0.4 is 5.32 Å². The number of nitrogens with zero attached hydrogens (tertiary/aromatic N) is 1. The molecule has 1 saturated carbocycles. The van der Waals surface area contributed by atoms with E-state index in [9.17, 15) is 0 Å². The second kappa shape index (κ2) is 4.61. The van der Waals surface area contributed by atoms with Gasteiger partial charge in [0.2, 0.25) is 0 Å². The number of rotatable bonds is 3. The molecule has 1 aliphatic rings. The molecule has 1 aromatic rings. The Bertz CT molecular complexity index is 405. The van der Waals surface area contributed by atoms with E-state index in [1.165, 1.54) is 23.5 Å². The minimum absolute atomic E-state index is 0.150. The minimum Gasteiger partial charge on any atom is -0.305 e. The van der Waals surface area contributed by atoms with E-state index in [0.717, 1.165) is 6.04 Å². The summed E-state index contributed by atoms with van der Waals surface area (Å²) < 4.78 is 0. The molecule has 0 bridgehead atoms. The standard InChI is InChI=1S/C15H26N2S/c1-14(2,3)11-9-18-13(17-11)12(15(4,5)6)16-10-7-8-10/h9-10,12,16H,7-8H2,1-6H3. The van der Waals surface area contributed by atoms with Crippen molar-refractivity contribution in [3.63, 3.8) is 0 Å². The fraction of sp³-hybridized carbons (Fsp3) is 0.800. The van der Waals surface area contributed by atoms with Crippen LogP contribution in [-0.2, 0) is 5.41 Å². The zero-order chi connectivity index (χ0) is 13.6. The van der Waals surface area contributed by atoms with Gasteiger partial charge in [-0.3, -0.25) is 0 Å². The molecular weight excluding hydrogens is 240 g/mol. The lowest BCUT2D eigenvalue weighted by atomic mass is 9.86. The summed E-state index contributed by atoms with van der Waals surface area (Å²) >= 11 is 1.81. The summed E-state index contributed by atoms with van der Waals surface area (Å²) in [5.74, 6) is 0. The topological polar surface area (TPSA) is 24.9 Å². The van der Waals surface area contributed by atoms with Crippen molar-refractivity contribution in [3.05, 3.63) is 16.1 Å². The Kier molecular flexibility index (Phi) is 3.58. The van der Waals surface area contributed by atoms with E-state index in [1.54, 1.807) is 0 Å². The van der Waals surface area contributed by atoms with Crippen molar-refractivity contribution in [2.45, 2.75) is 71.9 Å². The van der Waals surface area contributed by atoms with Gasteiger partial charge in [-0.15, -0.1) is 11.3 Å². The highest BCUT2D eigenvalue weighted by molar-refractivity contribution is 7.09.